The molecule has 3 heterocycles. The first-order valence-electron chi connectivity index (χ1n) is 10.3. The minimum Gasteiger partial charge on any atom is -0.497 e. The van der Waals surface area contributed by atoms with Crippen LogP contribution in [0.25, 0.3) is 22.6 Å². The summed E-state index contributed by atoms with van der Waals surface area (Å²) in [5.74, 6) is 0.659. The van der Waals surface area contributed by atoms with Crippen molar-refractivity contribution in [1.29, 1.82) is 0 Å². The number of amides is 1. The molecule has 0 saturated carbocycles. The summed E-state index contributed by atoms with van der Waals surface area (Å²) in [6.45, 7) is 0.386. The van der Waals surface area contributed by atoms with E-state index in [-0.39, 0.29) is 11.4 Å². The third-order valence-corrected chi connectivity index (χ3v) is 5.43. The number of carbonyl (C=O) groups is 1. The van der Waals surface area contributed by atoms with Crippen LogP contribution in [-0.4, -0.2) is 37.7 Å². The van der Waals surface area contributed by atoms with Crippen molar-refractivity contribution in [3.05, 3.63) is 89.0 Å². The van der Waals surface area contributed by atoms with E-state index in [9.17, 15) is 9.18 Å². The van der Waals surface area contributed by atoms with Gasteiger partial charge in [0, 0.05) is 12.3 Å². The molecule has 5 aromatic rings. The van der Waals surface area contributed by atoms with Gasteiger partial charge in [-0.05, 0) is 42.0 Å². The molecule has 0 unspecified atom stereocenters. The van der Waals surface area contributed by atoms with Crippen molar-refractivity contribution < 1.29 is 13.9 Å². The molecule has 0 aliphatic heterocycles. The summed E-state index contributed by atoms with van der Waals surface area (Å²) in [6.07, 6.45) is 1.38. The van der Waals surface area contributed by atoms with Crippen LogP contribution >= 0.6 is 11.6 Å². The number of H-pyrrole nitrogens is 1. The van der Waals surface area contributed by atoms with Gasteiger partial charge in [0.05, 0.1) is 24.7 Å². The molecule has 2 N–H and O–H groups in total. The monoisotopic (exact) mass is 476 g/mol. The summed E-state index contributed by atoms with van der Waals surface area (Å²) in [5.41, 5.74) is 2.65. The number of aromatic amines is 1. The first-order chi connectivity index (χ1) is 16.5. The van der Waals surface area contributed by atoms with Crippen LogP contribution in [0.15, 0.2) is 66.9 Å². The second-order valence-corrected chi connectivity index (χ2v) is 7.85. The van der Waals surface area contributed by atoms with Crippen LogP contribution in [-0.2, 0) is 6.54 Å². The average Bonchev–Trinajstić information content (AvgIpc) is 3.45. The molecule has 0 saturated heterocycles. The van der Waals surface area contributed by atoms with Crippen molar-refractivity contribution in [2.45, 2.75) is 6.54 Å². The topological polar surface area (TPSA) is 97.7 Å². The lowest BCUT2D eigenvalue weighted by atomic mass is 10.2. The molecule has 1 amide bonds. The summed E-state index contributed by atoms with van der Waals surface area (Å²) in [7, 11) is 1.60. The lowest BCUT2D eigenvalue weighted by molar-refractivity contribution is 0.102. The van der Waals surface area contributed by atoms with Gasteiger partial charge in [-0.3, -0.25) is 9.48 Å². The fraction of sp³-hybridized carbons (Fsp3) is 0.0833. The fourth-order valence-corrected chi connectivity index (χ4v) is 3.62. The highest BCUT2D eigenvalue weighted by Gasteiger charge is 2.17. The number of carbonyl (C=O) groups excluding carboxylic acids is 1. The van der Waals surface area contributed by atoms with Crippen molar-refractivity contribution in [3.8, 4) is 17.3 Å². The molecule has 34 heavy (non-hydrogen) atoms. The SMILES string of the molecule is COc1ccc(Cn2nc(NC(=O)c3ccc(Cl)nc3)cc2-c2nc3c(F)cccc3[nH]2)cc1. The van der Waals surface area contributed by atoms with Crippen LogP contribution in [0.5, 0.6) is 5.75 Å². The van der Waals surface area contributed by atoms with Gasteiger partial charge in [-0.15, -0.1) is 0 Å². The largest absolute Gasteiger partial charge is 0.497 e. The second-order valence-electron chi connectivity index (χ2n) is 7.47. The van der Waals surface area contributed by atoms with E-state index in [1.165, 1.54) is 18.3 Å². The van der Waals surface area contributed by atoms with Crippen LogP contribution < -0.4 is 10.1 Å². The Morgan fingerprint density at radius 2 is 2.00 bits per heavy atom. The lowest BCUT2D eigenvalue weighted by Gasteiger charge is -2.07. The van der Waals surface area contributed by atoms with Crippen molar-refractivity contribution in [2.75, 3.05) is 12.4 Å². The number of benzene rings is 2. The van der Waals surface area contributed by atoms with E-state index in [1.807, 2.05) is 24.3 Å². The Morgan fingerprint density at radius 3 is 2.71 bits per heavy atom. The maximum Gasteiger partial charge on any atom is 0.258 e. The van der Waals surface area contributed by atoms with E-state index in [4.69, 9.17) is 16.3 Å². The van der Waals surface area contributed by atoms with Crippen LogP contribution in [0.4, 0.5) is 10.2 Å². The number of ether oxygens (including phenoxy) is 1. The summed E-state index contributed by atoms with van der Waals surface area (Å²) < 4.78 is 21.1. The molecule has 0 aliphatic rings. The fourth-order valence-electron chi connectivity index (χ4n) is 3.51. The van der Waals surface area contributed by atoms with Gasteiger partial charge in [0.15, 0.2) is 17.5 Å². The van der Waals surface area contributed by atoms with Gasteiger partial charge in [-0.2, -0.15) is 5.10 Å². The molecule has 2 aromatic carbocycles. The zero-order valence-corrected chi connectivity index (χ0v) is 18.7. The Kier molecular flexibility index (Phi) is 5.69. The highest BCUT2D eigenvalue weighted by molar-refractivity contribution is 6.29. The van der Waals surface area contributed by atoms with Crippen LogP contribution in [0.3, 0.4) is 0 Å². The number of imidazole rings is 1. The Labute approximate surface area is 198 Å². The molecule has 8 nitrogen and oxygen atoms in total. The van der Waals surface area contributed by atoms with Gasteiger partial charge in [-0.25, -0.2) is 14.4 Å². The number of rotatable bonds is 6. The predicted octanol–water partition coefficient (Wildman–Crippen LogP) is 4.92. The quantitative estimate of drug-likeness (QED) is 0.339. The Balaban J connectivity index is 1.51. The van der Waals surface area contributed by atoms with E-state index >= 15 is 0 Å². The molecule has 0 spiro atoms. The summed E-state index contributed by atoms with van der Waals surface area (Å²) >= 11 is 5.81. The van der Waals surface area contributed by atoms with E-state index < -0.39 is 5.82 Å². The molecule has 170 valence electrons. The number of para-hydroxylation sites is 1. The third-order valence-electron chi connectivity index (χ3n) is 5.21. The number of halogens is 2. The zero-order chi connectivity index (χ0) is 23.7. The zero-order valence-electron chi connectivity index (χ0n) is 17.9. The molecule has 0 radical (unpaired) electrons. The first-order valence-corrected chi connectivity index (χ1v) is 10.7. The molecule has 0 atom stereocenters. The molecule has 5 rings (SSSR count). The number of hydrogen-bond acceptors (Lipinski definition) is 5. The molecular weight excluding hydrogens is 459 g/mol. The molecule has 0 bridgehead atoms. The molecule has 0 aliphatic carbocycles. The number of nitrogens with one attached hydrogen (secondary N) is 2. The maximum atomic E-state index is 14.2. The Morgan fingerprint density at radius 1 is 1.18 bits per heavy atom. The highest BCUT2D eigenvalue weighted by Crippen LogP contribution is 2.26. The van der Waals surface area contributed by atoms with Gasteiger partial charge >= 0.3 is 0 Å². The molecular formula is C24H18ClFN6O2. The normalized spacial score (nSPS) is 11.0. The van der Waals surface area contributed by atoms with E-state index in [2.05, 4.69) is 25.4 Å². The van der Waals surface area contributed by atoms with Crippen molar-refractivity contribution in [1.82, 2.24) is 24.7 Å². The number of methoxy groups -OCH3 is 1. The van der Waals surface area contributed by atoms with Crippen LogP contribution in [0, 0.1) is 5.82 Å². The molecule has 0 fully saturated rings. The van der Waals surface area contributed by atoms with E-state index in [0.717, 1.165) is 11.3 Å². The van der Waals surface area contributed by atoms with Gasteiger partial charge in [0.1, 0.15) is 22.1 Å². The number of anilines is 1. The summed E-state index contributed by atoms with van der Waals surface area (Å²) in [6, 6.07) is 17.0. The summed E-state index contributed by atoms with van der Waals surface area (Å²) in [4.78, 5) is 24.2. The Hall–Kier alpha value is -4.24. The number of nitrogens with zero attached hydrogens (tertiary/aromatic N) is 4. The number of hydrogen-bond donors (Lipinski definition) is 2. The Bertz CT molecular complexity index is 1480. The first kappa shape index (κ1) is 21.6. The molecule has 3 aromatic heterocycles. The predicted molar refractivity (Wildman–Crippen MR) is 127 cm³/mol. The number of fused-ring (bicyclic) bond motifs is 1. The van der Waals surface area contributed by atoms with Crippen molar-refractivity contribution in [3.63, 3.8) is 0 Å². The third kappa shape index (κ3) is 4.33. The van der Waals surface area contributed by atoms with Gasteiger partial charge in [-0.1, -0.05) is 29.8 Å². The van der Waals surface area contributed by atoms with Gasteiger partial charge in [0.25, 0.3) is 5.91 Å². The maximum absolute atomic E-state index is 14.2. The van der Waals surface area contributed by atoms with Crippen LogP contribution in [0.2, 0.25) is 5.15 Å². The van der Waals surface area contributed by atoms with Gasteiger partial charge < -0.3 is 15.0 Å². The van der Waals surface area contributed by atoms with Crippen molar-refractivity contribution >= 4 is 34.4 Å². The minimum absolute atomic E-state index is 0.229. The van der Waals surface area contributed by atoms with E-state index in [0.29, 0.717) is 40.1 Å². The van der Waals surface area contributed by atoms with Crippen LogP contribution in [0.1, 0.15) is 15.9 Å². The minimum atomic E-state index is -0.426. The second kappa shape index (κ2) is 8.95. The summed E-state index contributed by atoms with van der Waals surface area (Å²) in [5, 5.41) is 7.61. The molecule has 10 heteroatoms. The number of pyridine rings is 1. The smallest absolute Gasteiger partial charge is 0.258 e. The van der Waals surface area contributed by atoms with Gasteiger partial charge in [0.2, 0.25) is 0 Å². The van der Waals surface area contributed by atoms with Crippen molar-refractivity contribution in [2.24, 2.45) is 0 Å². The number of aromatic nitrogens is 5. The average molecular weight is 477 g/mol. The standard InChI is InChI=1S/C24H18ClFN6O2/c1-34-16-8-5-14(6-9-16)13-32-19(23-28-18-4-2-3-17(26)22(18)30-23)11-21(31-32)29-24(33)15-7-10-20(25)27-12-15/h2-12H,13H2,1H3,(H,28,30)(H,29,31,33). The highest BCUT2D eigenvalue weighted by atomic mass is 35.5. The van der Waals surface area contributed by atoms with E-state index in [1.54, 1.807) is 36.1 Å². The lowest BCUT2D eigenvalue weighted by Crippen LogP contribution is -2.13.